The van der Waals surface area contributed by atoms with Crippen molar-refractivity contribution in [1.29, 1.82) is 0 Å². The number of para-hydroxylation sites is 1. The van der Waals surface area contributed by atoms with E-state index >= 15 is 0 Å². The summed E-state index contributed by atoms with van der Waals surface area (Å²) in [5.74, 6) is 0. The van der Waals surface area contributed by atoms with Gasteiger partial charge in [0.2, 0.25) is 0 Å². The summed E-state index contributed by atoms with van der Waals surface area (Å²) in [6.45, 7) is 3.66. The SMILES string of the molecule is CN1CCN(c2cccc(S(C)(=O)=O)c2N)CC1. The highest BCUT2D eigenvalue weighted by atomic mass is 32.2. The molecule has 0 atom stereocenters. The number of hydrogen-bond donors (Lipinski definition) is 1. The summed E-state index contributed by atoms with van der Waals surface area (Å²) < 4.78 is 23.3. The Morgan fingerprint density at radius 3 is 2.33 bits per heavy atom. The number of benzene rings is 1. The molecule has 2 rings (SSSR count). The number of likely N-dealkylation sites (N-methyl/N-ethyl adjacent to an activating group) is 1. The summed E-state index contributed by atoms with van der Waals surface area (Å²) in [5.41, 5.74) is 7.19. The Labute approximate surface area is 108 Å². The highest BCUT2D eigenvalue weighted by molar-refractivity contribution is 7.90. The Hall–Kier alpha value is -1.27. The zero-order valence-electron chi connectivity index (χ0n) is 10.8. The zero-order valence-corrected chi connectivity index (χ0v) is 11.6. The molecule has 0 spiro atoms. The summed E-state index contributed by atoms with van der Waals surface area (Å²) in [6, 6.07) is 5.19. The minimum absolute atomic E-state index is 0.221. The fourth-order valence-corrected chi connectivity index (χ4v) is 3.01. The van der Waals surface area contributed by atoms with Gasteiger partial charge in [-0.3, -0.25) is 0 Å². The van der Waals surface area contributed by atoms with Crippen LogP contribution in [0.3, 0.4) is 0 Å². The van der Waals surface area contributed by atoms with Crippen molar-refractivity contribution < 1.29 is 8.42 Å². The molecule has 1 aliphatic heterocycles. The summed E-state index contributed by atoms with van der Waals surface area (Å²) in [4.78, 5) is 4.61. The molecule has 2 N–H and O–H groups in total. The standard InChI is InChI=1S/C12H19N3O2S/c1-14-6-8-15(9-7-14)10-4-3-5-11(12(10)13)18(2,16)17/h3-5H,6-9,13H2,1-2H3. The first-order valence-corrected chi connectivity index (χ1v) is 7.81. The van der Waals surface area contributed by atoms with Gasteiger partial charge in [-0.1, -0.05) is 6.07 Å². The summed E-state index contributed by atoms with van der Waals surface area (Å²) >= 11 is 0. The molecule has 0 aromatic heterocycles. The van der Waals surface area contributed by atoms with Crippen molar-refractivity contribution in [2.75, 3.05) is 50.1 Å². The molecule has 0 amide bonds. The highest BCUT2D eigenvalue weighted by Gasteiger charge is 2.20. The van der Waals surface area contributed by atoms with Crippen LogP contribution in [0.2, 0.25) is 0 Å². The predicted molar refractivity (Wildman–Crippen MR) is 73.7 cm³/mol. The lowest BCUT2D eigenvalue weighted by Crippen LogP contribution is -2.44. The molecule has 100 valence electrons. The van der Waals surface area contributed by atoms with Gasteiger partial charge in [0.1, 0.15) is 0 Å². The maximum Gasteiger partial charge on any atom is 0.177 e. The van der Waals surface area contributed by atoms with Crippen LogP contribution >= 0.6 is 0 Å². The number of hydrogen-bond acceptors (Lipinski definition) is 5. The molecule has 1 aliphatic rings. The molecule has 5 nitrogen and oxygen atoms in total. The number of piperazine rings is 1. The first-order chi connectivity index (χ1) is 8.39. The van der Waals surface area contributed by atoms with Crippen LogP contribution in [-0.4, -0.2) is 52.8 Å². The van der Waals surface area contributed by atoms with E-state index in [0.717, 1.165) is 31.9 Å². The lowest BCUT2D eigenvalue weighted by atomic mass is 10.2. The zero-order chi connectivity index (χ0) is 13.3. The fourth-order valence-electron chi connectivity index (χ4n) is 2.18. The number of rotatable bonds is 2. The normalized spacial score (nSPS) is 18.0. The Kier molecular flexibility index (Phi) is 3.49. The molecule has 1 saturated heterocycles. The van der Waals surface area contributed by atoms with Gasteiger partial charge in [-0.15, -0.1) is 0 Å². The molecule has 1 heterocycles. The van der Waals surface area contributed by atoms with Gasteiger partial charge < -0.3 is 15.5 Å². The van der Waals surface area contributed by atoms with Crippen LogP contribution in [0, 0.1) is 0 Å². The van der Waals surface area contributed by atoms with E-state index in [-0.39, 0.29) is 4.90 Å². The van der Waals surface area contributed by atoms with E-state index in [4.69, 9.17) is 5.73 Å². The van der Waals surface area contributed by atoms with E-state index in [0.29, 0.717) is 5.69 Å². The second-order valence-corrected chi connectivity index (χ2v) is 6.74. The second kappa shape index (κ2) is 4.78. The highest BCUT2D eigenvalue weighted by Crippen LogP contribution is 2.30. The van der Waals surface area contributed by atoms with Crippen LogP contribution in [-0.2, 0) is 9.84 Å². The molecule has 1 fully saturated rings. The minimum Gasteiger partial charge on any atom is -0.396 e. The van der Waals surface area contributed by atoms with Gasteiger partial charge in [0, 0.05) is 32.4 Å². The Morgan fingerprint density at radius 1 is 1.17 bits per heavy atom. The van der Waals surface area contributed by atoms with E-state index in [1.54, 1.807) is 12.1 Å². The predicted octanol–water partition coefficient (Wildman–Crippen LogP) is 0.424. The van der Waals surface area contributed by atoms with Gasteiger partial charge in [-0.25, -0.2) is 8.42 Å². The van der Waals surface area contributed by atoms with E-state index < -0.39 is 9.84 Å². The van der Waals surface area contributed by atoms with Crippen molar-refractivity contribution in [3.63, 3.8) is 0 Å². The van der Waals surface area contributed by atoms with Gasteiger partial charge in [0.05, 0.1) is 16.3 Å². The molecule has 0 aliphatic carbocycles. The molecule has 1 aromatic rings. The topological polar surface area (TPSA) is 66.6 Å². The molecule has 0 radical (unpaired) electrons. The van der Waals surface area contributed by atoms with Crippen LogP contribution in [0.15, 0.2) is 23.1 Å². The monoisotopic (exact) mass is 269 g/mol. The lowest BCUT2D eigenvalue weighted by Gasteiger charge is -2.34. The third-order valence-corrected chi connectivity index (χ3v) is 4.44. The van der Waals surface area contributed by atoms with Gasteiger partial charge in [-0.2, -0.15) is 0 Å². The Balaban J connectivity index is 2.35. The number of nitrogens with two attached hydrogens (primary N) is 1. The molecule has 0 saturated carbocycles. The Morgan fingerprint density at radius 2 is 1.78 bits per heavy atom. The van der Waals surface area contributed by atoms with Gasteiger partial charge in [0.15, 0.2) is 9.84 Å². The summed E-state index contributed by atoms with van der Waals surface area (Å²) in [5, 5.41) is 0. The lowest BCUT2D eigenvalue weighted by molar-refractivity contribution is 0.313. The van der Waals surface area contributed by atoms with Crippen LogP contribution in [0.25, 0.3) is 0 Å². The first kappa shape index (κ1) is 13.2. The van der Waals surface area contributed by atoms with Gasteiger partial charge in [0.25, 0.3) is 0 Å². The van der Waals surface area contributed by atoms with Crippen molar-refractivity contribution in [2.24, 2.45) is 0 Å². The molecule has 1 aromatic carbocycles. The summed E-state index contributed by atoms with van der Waals surface area (Å²) in [6.07, 6.45) is 1.19. The van der Waals surface area contributed by atoms with Crippen LogP contribution < -0.4 is 10.6 Å². The van der Waals surface area contributed by atoms with Crippen LogP contribution in [0.4, 0.5) is 11.4 Å². The van der Waals surface area contributed by atoms with Crippen molar-refractivity contribution in [2.45, 2.75) is 4.90 Å². The van der Waals surface area contributed by atoms with Crippen molar-refractivity contribution in [1.82, 2.24) is 4.90 Å². The van der Waals surface area contributed by atoms with E-state index in [9.17, 15) is 8.42 Å². The molecule has 6 heteroatoms. The van der Waals surface area contributed by atoms with E-state index in [1.807, 2.05) is 6.07 Å². The van der Waals surface area contributed by atoms with E-state index in [2.05, 4.69) is 16.8 Å². The van der Waals surface area contributed by atoms with Crippen LogP contribution in [0.1, 0.15) is 0 Å². The number of nitrogen functional groups attached to an aromatic ring is 1. The largest absolute Gasteiger partial charge is 0.396 e. The third-order valence-electron chi connectivity index (χ3n) is 3.29. The van der Waals surface area contributed by atoms with Gasteiger partial charge >= 0.3 is 0 Å². The summed E-state index contributed by atoms with van der Waals surface area (Å²) in [7, 11) is -1.19. The molecular weight excluding hydrogens is 250 g/mol. The number of sulfone groups is 1. The molecule has 18 heavy (non-hydrogen) atoms. The smallest absolute Gasteiger partial charge is 0.177 e. The van der Waals surface area contributed by atoms with E-state index in [1.165, 1.54) is 6.26 Å². The molecule has 0 unspecified atom stereocenters. The van der Waals surface area contributed by atoms with Gasteiger partial charge in [-0.05, 0) is 19.2 Å². The van der Waals surface area contributed by atoms with Crippen LogP contribution in [0.5, 0.6) is 0 Å². The third kappa shape index (κ3) is 2.59. The molecule has 0 bridgehead atoms. The first-order valence-electron chi connectivity index (χ1n) is 5.91. The molecular formula is C12H19N3O2S. The average molecular weight is 269 g/mol. The maximum absolute atomic E-state index is 11.6. The minimum atomic E-state index is -3.27. The fraction of sp³-hybridized carbons (Fsp3) is 0.500. The van der Waals surface area contributed by atoms with Crippen molar-refractivity contribution in [3.8, 4) is 0 Å². The number of nitrogens with zero attached hydrogens (tertiary/aromatic N) is 2. The average Bonchev–Trinajstić information content (AvgIpc) is 2.29. The second-order valence-electron chi connectivity index (χ2n) is 4.75. The maximum atomic E-state index is 11.6. The van der Waals surface area contributed by atoms with Crippen molar-refractivity contribution in [3.05, 3.63) is 18.2 Å². The Bertz CT molecular complexity index is 534. The quantitative estimate of drug-likeness (QED) is 0.788. The van der Waals surface area contributed by atoms with Crippen molar-refractivity contribution >= 4 is 21.2 Å². The number of anilines is 2.